The third-order valence-electron chi connectivity index (χ3n) is 7.17. The second-order valence-electron chi connectivity index (χ2n) is 8.40. The molecule has 27 heavy (non-hydrogen) atoms. The predicted octanol–water partition coefficient (Wildman–Crippen LogP) is 7.49. The molecular weight excluding hydrogens is 344 g/mol. The van der Waals surface area contributed by atoms with Crippen molar-refractivity contribution < 1.29 is 4.43 Å². The molecule has 0 spiro atoms. The van der Waals surface area contributed by atoms with Crippen molar-refractivity contribution in [3.63, 3.8) is 0 Å². The van der Waals surface area contributed by atoms with Crippen molar-refractivity contribution in [3.05, 3.63) is 65.3 Å². The van der Waals surface area contributed by atoms with Crippen LogP contribution in [0.5, 0.6) is 0 Å². The zero-order valence-corrected chi connectivity index (χ0v) is 18.6. The van der Waals surface area contributed by atoms with Gasteiger partial charge in [-0.05, 0) is 53.9 Å². The summed E-state index contributed by atoms with van der Waals surface area (Å²) in [5.41, 5.74) is 4.64. The van der Waals surface area contributed by atoms with Crippen molar-refractivity contribution in [2.75, 3.05) is 6.61 Å². The molecule has 1 nitrogen and oxygen atoms in total. The average Bonchev–Trinajstić information content (AvgIpc) is 3.39. The minimum absolute atomic E-state index is 0.171. The second-order valence-corrected chi connectivity index (χ2v) is 13.2. The number of fused-ring (bicyclic) bond motifs is 1. The first-order valence-corrected chi connectivity index (χ1v) is 13.4. The van der Waals surface area contributed by atoms with Crippen molar-refractivity contribution in [2.45, 2.75) is 71.0 Å². The van der Waals surface area contributed by atoms with Gasteiger partial charge in [-0.1, -0.05) is 87.9 Å². The largest absolute Gasteiger partial charge is 0.417 e. The van der Waals surface area contributed by atoms with Gasteiger partial charge in [0.25, 0.3) is 0 Å². The molecule has 0 radical (unpaired) electrons. The zero-order chi connectivity index (χ0) is 19.3. The Balaban J connectivity index is 1.73. The van der Waals surface area contributed by atoms with Gasteiger partial charge in [-0.3, -0.25) is 0 Å². The van der Waals surface area contributed by atoms with E-state index < -0.39 is 8.32 Å². The molecule has 2 aliphatic rings. The summed E-state index contributed by atoms with van der Waals surface area (Å²) in [6.45, 7) is 10.4. The molecule has 0 fully saturated rings. The highest BCUT2D eigenvalue weighted by atomic mass is 28.4. The summed E-state index contributed by atoms with van der Waals surface area (Å²) >= 11 is 0. The second kappa shape index (κ2) is 8.75. The van der Waals surface area contributed by atoms with Gasteiger partial charge in [-0.15, -0.1) is 0 Å². The molecule has 0 heterocycles. The predicted molar refractivity (Wildman–Crippen MR) is 121 cm³/mol. The molecule has 1 aromatic rings. The topological polar surface area (TPSA) is 9.23 Å². The molecule has 0 aliphatic heterocycles. The quantitative estimate of drug-likeness (QED) is 0.302. The lowest BCUT2D eigenvalue weighted by Crippen LogP contribution is -2.36. The van der Waals surface area contributed by atoms with E-state index in [-0.39, 0.29) is 5.41 Å². The van der Waals surface area contributed by atoms with E-state index in [1.807, 2.05) is 0 Å². The van der Waals surface area contributed by atoms with E-state index in [9.17, 15) is 0 Å². The van der Waals surface area contributed by atoms with Crippen LogP contribution in [0.4, 0.5) is 0 Å². The SMILES string of the molecule is CC[Si](CC)(CC)OCCCC(C)(C1=CC=CC1)C1C=Cc2ccccc21. The van der Waals surface area contributed by atoms with E-state index in [1.54, 1.807) is 5.57 Å². The molecule has 0 amide bonds. The summed E-state index contributed by atoms with van der Waals surface area (Å²) < 4.78 is 6.55. The van der Waals surface area contributed by atoms with Crippen LogP contribution in [0, 0.1) is 5.41 Å². The van der Waals surface area contributed by atoms with Crippen molar-refractivity contribution in [3.8, 4) is 0 Å². The first-order chi connectivity index (χ1) is 13.1. The maximum atomic E-state index is 6.55. The van der Waals surface area contributed by atoms with Crippen LogP contribution in [-0.4, -0.2) is 14.9 Å². The van der Waals surface area contributed by atoms with Crippen LogP contribution < -0.4 is 0 Å². The van der Waals surface area contributed by atoms with E-state index in [0.29, 0.717) is 5.92 Å². The lowest BCUT2D eigenvalue weighted by molar-refractivity contribution is 0.244. The molecular formula is C25H36OSi. The lowest BCUT2D eigenvalue weighted by atomic mass is 9.66. The van der Waals surface area contributed by atoms with Crippen LogP contribution in [0.2, 0.25) is 18.1 Å². The summed E-state index contributed by atoms with van der Waals surface area (Å²) in [6, 6.07) is 12.6. The molecule has 0 saturated heterocycles. The molecule has 2 unspecified atom stereocenters. The highest BCUT2D eigenvalue weighted by Gasteiger charge is 2.39. The first kappa shape index (κ1) is 20.4. The minimum atomic E-state index is -1.48. The highest BCUT2D eigenvalue weighted by Crippen LogP contribution is 2.51. The Kier molecular flexibility index (Phi) is 6.59. The number of rotatable bonds is 10. The summed E-state index contributed by atoms with van der Waals surface area (Å²) in [4.78, 5) is 0. The van der Waals surface area contributed by atoms with E-state index in [1.165, 1.54) is 35.7 Å². The zero-order valence-electron chi connectivity index (χ0n) is 17.6. The van der Waals surface area contributed by atoms with Crippen molar-refractivity contribution >= 4 is 14.4 Å². The molecule has 2 heteroatoms. The molecule has 0 bridgehead atoms. The van der Waals surface area contributed by atoms with E-state index in [2.05, 4.69) is 82.3 Å². The highest BCUT2D eigenvalue weighted by molar-refractivity contribution is 6.73. The lowest BCUT2D eigenvalue weighted by Gasteiger charge is -2.38. The Morgan fingerprint density at radius 1 is 1.11 bits per heavy atom. The van der Waals surface area contributed by atoms with Crippen LogP contribution in [-0.2, 0) is 4.43 Å². The number of allylic oxidation sites excluding steroid dienone is 5. The summed E-state index contributed by atoms with van der Waals surface area (Å²) in [7, 11) is -1.48. The van der Waals surface area contributed by atoms with Gasteiger partial charge in [-0.2, -0.15) is 0 Å². The van der Waals surface area contributed by atoms with Gasteiger partial charge in [0.05, 0.1) is 0 Å². The first-order valence-electron chi connectivity index (χ1n) is 10.9. The molecule has 3 rings (SSSR count). The van der Waals surface area contributed by atoms with Gasteiger partial charge in [0, 0.05) is 12.5 Å². The Morgan fingerprint density at radius 3 is 2.52 bits per heavy atom. The third-order valence-corrected chi connectivity index (χ3v) is 11.9. The molecule has 2 aliphatic carbocycles. The maximum absolute atomic E-state index is 6.55. The van der Waals surface area contributed by atoms with Gasteiger partial charge < -0.3 is 4.43 Å². The fourth-order valence-electron chi connectivity index (χ4n) is 4.98. The average molecular weight is 381 g/mol. The Hall–Kier alpha value is -1.38. The van der Waals surface area contributed by atoms with Crippen LogP contribution >= 0.6 is 0 Å². The third kappa shape index (κ3) is 4.07. The van der Waals surface area contributed by atoms with Gasteiger partial charge >= 0.3 is 0 Å². The fraction of sp³-hybridized carbons (Fsp3) is 0.520. The standard InChI is InChI=1S/C25H36OSi/c1-5-27(6-2,7-3)26-20-12-19-25(4,22-14-9-10-15-22)24-18-17-21-13-8-11-16-23(21)24/h8-11,13-14,16-18,24H,5-7,12,15,19-20H2,1-4H3. The monoisotopic (exact) mass is 380 g/mol. The van der Waals surface area contributed by atoms with Crippen LogP contribution in [0.3, 0.4) is 0 Å². The normalized spacial score (nSPS) is 20.6. The molecule has 0 aromatic heterocycles. The van der Waals surface area contributed by atoms with Crippen LogP contribution in [0.15, 0.2) is 54.1 Å². The molecule has 0 N–H and O–H groups in total. The van der Waals surface area contributed by atoms with Gasteiger partial charge in [0.2, 0.25) is 0 Å². The Labute approximate surface area is 167 Å². The van der Waals surface area contributed by atoms with Gasteiger partial charge in [0.1, 0.15) is 0 Å². The summed E-state index contributed by atoms with van der Waals surface area (Å²) in [5, 5.41) is 0. The smallest absolute Gasteiger partial charge is 0.191 e. The molecule has 1 aromatic carbocycles. The van der Waals surface area contributed by atoms with E-state index >= 15 is 0 Å². The van der Waals surface area contributed by atoms with Gasteiger partial charge in [0.15, 0.2) is 8.32 Å². The van der Waals surface area contributed by atoms with Crippen molar-refractivity contribution in [1.82, 2.24) is 0 Å². The van der Waals surface area contributed by atoms with Crippen LogP contribution in [0.25, 0.3) is 6.08 Å². The minimum Gasteiger partial charge on any atom is -0.417 e. The number of hydrogen-bond donors (Lipinski definition) is 0. The maximum Gasteiger partial charge on any atom is 0.191 e. The van der Waals surface area contributed by atoms with Gasteiger partial charge in [-0.25, -0.2) is 0 Å². The summed E-state index contributed by atoms with van der Waals surface area (Å²) in [5.74, 6) is 0.477. The Bertz CT molecular complexity index is 717. The number of hydrogen-bond acceptors (Lipinski definition) is 1. The van der Waals surface area contributed by atoms with Crippen molar-refractivity contribution in [1.29, 1.82) is 0 Å². The molecule has 0 saturated carbocycles. The Morgan fingerprint density at radius 2 is 1.85 bits per heavy atom. The van der Waals surface area contributed by atoms with E-state index in [4.69, 9.17) is 4.43 Å². The fourth-order valence-corrected chi connectivity index (χ4v) is 7.67. The molecule has 2 atom stereocenters. The van der Waals surface area contributed by atoms with E-state index in [0.717, 1.165) is 19.4 Å². The van der Waals surface area contributed by atoms with Crippen LogP contribution in [0.1, 0.15) is 64.0 Å². The summed E-state index contributed by atoms with van der Waals surface area (Å²) in [6.07, 6.45) is 15.1. The number of benzene rings is 1. The molecule has 146 valence electrons. The van der Waals surface area contributed by atoms with Crippen molar-refractivity contribution in [2.24, 2.45) is 5.41 Å².